The van der Waals surface area contributed by atoms with E-state index in [9.17, 15) is 0 Å². The molecule has 0 unspecified atom stereocenters. The van der Waals surface area contributed by atoms with Crippen molar-refractivity contribution in [3.05, 3.63) is 35.9 Å². The van der Waals surface area contributed by atoms with Crippen LogP contribution in [-0.4, -0.2) is 21.3 Å². The van der Waals surface area contributed by atoms with E-state index >= 15 is 0 Å². The fourth-order valence-corrected chi connectivity index (χ4v) is 2.00. The number of nitrogen functional groups attached to an aromatic ring is 1. The van der Waals surface area contributed by atoms with Crippen molar-refractivity contribution < 1.29 is 18.9 Å². The van der Waals surface area contributed by atoms with E-state index in [2.05, 4.69) is 0 Å². The summed E-state index contributed by atoms with van der Waals surface area (Å²) in [4.78, 5) is 0. The molecule has 0 bridgehead atoms. The highest BCUT2D eigenvalue weighted by molar-refractivity contribution is 5.59. The molecule has 0 heterocycles. The summed E-state index contributed by atoms with van der Waals surface area (Å²) in [5.74, 6) is 2.70. The lowest BCUT2D eigenvalue weighted by atomic mass is 10.2. The Kier molecular flexibility index (Phi) is 4.42. The molecule has 0 aromatic heterocycles. The molecular weight excluding hydrogens is 270 g/mol. The average molecular weight is 289 g/mol. The van der Waals surface area contributed by atoms with E-state index in [4.69, 9.17) is 24.7 Å². The third kappa shape index (κ3) is 3.13. The molecule has 2 N–H and O–H groups in total. The Morgan fingerprint density at radius 3 is 1.90 bits per heavy atom. The van der Waals surface area contributed by atoms with Crippen LogP contribution in [0.3, 0.4) is 0 Å². The zero-order valence-corrected chi connectivity index (χ0v) is 12.6. The quantitative estimate of drug-likeness (QED) is 0.855. The second kappa shape index (κ2) is 6.26. The van der Waals surface area contributed by atoms with Crippen LogP contribution in [0.15, 0.2) is 30.3 Å². The van der Waals surface area contributed by atoms with Crippen LogP contribution in [0.5, 0.6) is 28.7 Å². The van der Waals surface area contributed by atoms with Gasteiger partial charge in [0.2, 0.25) is 5.75 Å². The van der Waals surface area contributed by atoms with E-state index < -0.39 is 0 Å². The van der Waals surface area contributed by atoms with Gasteiger partial charge in [-0.2, -0.15) is 0 Å². The van der Waals surface area contributed by atoms with E-state index in [-0.39, 0.29) is 0 Å². The summed E-state index contributed by atoms with van der Waals surface area (Å²) in [6, 6.07) is 9.06. The van der Waals surface area contributed by atoms with Crippen LogP contribution in [0.1, 0.15) is 5.56 Å². The minimum atomic E-state index is 0.518. The Labute approximate surface area is 124 Å². The third-order valence-corrected chi connectivity index (χ3v) is 3.03. The molecule has 21 heavy (non-hydrogen) atoms. The van der Waals surface area contributed by atoms with Crippen molar-refractivity contribution in [3.8, 4) is 28.7 Å². The van der Waals surface area contributed by atoms with E-state index in [0.717, 1.165) is 5.56 Å². The van der Waals surface area contributed by atoms with Gasteiger partial charge in [-0.15, -0.1) is 0 Å². The molecule has 5 heteroatoms. The normalized spacial score (nSPS) is 10.1. The maximum atomic E-state index is 5.95. The molecule has 0 saturated carbocycles. The van der Waals surface area contributed by atoms with Crippen LogP contribution >= 0.6 is 0 Å². The van der Waals surface area contributed by atoms with Crippen molar-refractivity contribution in [2.24, 2.45) is 0 Å². The number of ether oxygens (including phenoxy) is 4. The lowest BCUT2D eigenvalue weighted by Gasteiger charge is -2.15. The van der Waals surface area contributed by atoms with Gasteiger partial charge >= 0.3 is 0 Å². The Hall–Kier alpha value is -2.56. The lowest BCUT2D eigenvalue weighted by Crippen LogP contribution is -1.97. The van der Waals surface area contributed by atoms with Crippen molar-refractivity contribution in [2.75, 3.05) is 27.1 Å². The topological polar surface area (TPSA) is 62.9 Å². The molecule has 5 nitrogen and oxygen atoms in total. The number of nitrogens with two attached hydrogens (primary N) is 1. The van der Waals surface area contributed by atoms with Crippen molar-refractivity contribution in [1.82, 2.24) is 0 Å². The first kappa shape index (κ1) is 14.8. The summed E-state index contributed by atoms with van der Waals surface area (Å²) in [6.45, 7) is 1.97. The second-order valence-electron chi connectivity index (χ2n) is 4.50. The number of hydrogen-bond acceptors (Lipinski definition) is 5. The number of rotatable bonds is 5. The minimum absolute atomic E-state index is 0.518. The van der Waals surface area contributed by atoms with Gasteiger partial charge in [0, 0.05) is 12.1 Å². The summed E-state index contributed by atoms with van der Waals surface area (Å²) in [5.41, 5.74) is 7.60. The van der Waals surface area contributed by atoms with Gasteiger partial charge in [0.05, 0.1) is 27.0 Å². The van der Waals surface area contributed by atoms with Gasteiger partial charge in [-0.3, -0.25) is 0 Å². The predicted octanol–water partition coefficient (Wildman–Crippen LogP) is 3.40. The van der Waals surface area contributed by atoms with E-state index in [0.29, 0.717) is 34.4 Å². The van der Waals surface area contributed by atoms with Crippen molar-refractivity contribution in [3.63, 3.8) is 0 Å². The van der Waals surface area contributed by atoms with Crippen molar-refractivity contribution >= 4 is 5.69 Å². The van der Waals surface area contributed by atoms with Crippen LogP contribution in [0.2, 0.25) is 0 Å². The first-order valence-corrected chi connectivity index (χ1v) is 6.43. The highest BCUT2D eigenvalue weighted by Crippen LogP contribution is 2.42. The summed E-state index contributed by atoms with van der Waals surface area (Å²) >= 11 is 0. The Balaban J connectivity index is 2.40. The lowest BCUT2D eigenvalue weighted by molar-refractivity contribution is 0.321. The fraction of sp³-hybridized carbons (Fsp3) is 0.250. The van der Waals surface area contributed by atoms with Gasteiger partial charge in [0.1, 0.15) is 11.5 Å². The van der Waals surface area contributed by atoms with Crippen LogP contribution < -0.4 is 24.7 Å². The molecule has 0 aliphatic rings. The van der Waals surface area contributed by atoms with Crippen molar-refractivity contribution in [2.45, 2.75) is 6.92 Å². The number of aryl methyl sites for hydroxylation is 1. The van der Waals surface area contributed by atoms with Gasteiger partial charge in [-0.1, -0.05) is 6.07 Å². The molecule has 0 aliphatic heterocycles. The Bertz CT molecular complexity index is 615. The smallest absolute Gasteiger partial charge is 0.203 e. The van der Waals surface area contributed by atoms with E-state index in [1.165, 1.54) is 0 Å². The van der Waals surface area contributed by atoms with Gasteiger partial charge in [0.25, 0.3) is 0 Å². The Morgan fingerprint density at radius 1 is 0.810 bits per heavy atom. The van der Waals surface area contributed by atoms with Gasteiger partial charge in [-0.05, 0) is 24.6 Å². The molecule has 0 saturated heterocycles. The summed E-state index contributed by atoms with van der Waals surface area (Å²) < 4.78 is 21.7. The number of hydrogen-bond donors (Lipinski definition) is 1. The predicted molar refractivity (Wildman–Crippen MR) is 81.8 cm³/mol. The molecule has 0 spiro atoms. The maximum Gasteiger partial charge on any atom is 0.203 e. The van der Waals surface area contributed by atoms with Crippen LogP contribution in [0, 0.1) is 6.92 Å². The molecule has 0 atom stereocenters. The summed E-state index contributed by atoms with van der Waals surface area (Å²) in [7, 11) is 4.67. The van der Waals surface area contributed by atoms with Gasteiger partial charge in [0.15, 0.2) is 11.5 Å². The van der Waals surface area contributed by atoms with Crippen LogP contribution in [0.25, 0.3) is 0 Å². The fourth-order valence-electron chi connectivity index (χ4n) is 2.00. The van der Waals surface area contributed by atoms with Crippen LogP contribution in [-0.2, 0) is 0 Å². The third-order valence-electron chi connectivity index (χ3n) is 3.03. The molecule has 2 aromatic rings. The average Bonchev–Trinajstić information content (AvgIpc) is 2.49. The Morgan fingerprint density at radius 2 is 1.43 bits per heavy atom. The number of anilines is 1. The molecule has 0 fully saturated rings. The van der Waals surface area contributed by atoms with Crippen molar-refractivity contribution in [1.29, 1.82) is 0 Å². The zero-order chi connectivity index (χ0) is 15.4. The van der Waals surface area contributed by atoms with Crippen LogP contribution in [0.4, 0.5) is 5.69 Å². The molecule has 2 aromatic carbocycles. The highest BCUT2D eigenvalue weighted by atomic mass is 16.5. The minimum Gasteiger partial charge on any atom is -0.493 e. The molecule has 112 valence electrons. The largest absolute Gasteiger partial charge is 0.493 e. The monoisotopic (exact) mass is 289 g/mol. The number of benzene rings is 2. The second-order valence-corrected chi connectivity index (χ2v) is 4.50. The summed E-state index contributed by atoms with van der Waals surface area (Å²) in [5, 5.41) is 0. The van der Waals surface area contributed by atoms with Gasteiger partial charge < -0.3 is 24.7 Å². The van der Waals surface area contributed by atoms with E-state index in [1.807, 2.05) is 25.1 Å². The summed E-state index contributed by atoms with van der Waals surface area (Å²) in [6.07, 6.45) is 0. The first-order chi connectivity index (χ1) is 10.1. The molecule has 0 amide bonds. The molecular formula is C16H19NO4. The first-order valence-electron chi connectivity index (χ1n) is 6.43. The zero-order valence-electron chi connectivity index (χ0n) is 12.6. The standard InChI is InChI=1S/C16H19NO4/c1-10-5-6-13(12(17)7-10)21-11-8-14(18-2)16(20-4)15(9-11)19-3/h5-9H,17H2,1-4H3. The maximum absolute atomic E-state index is 5.95. The molecule has 2 rings (SSSR count). The van der Waals surface area contributed by atoms with Gasteiger partial charge in [-0.25, -0.2) is 0 Å². The van der Waals surface area contributed by atoms with E-state index in [1.54, 1.807) is 33.5 Å². The highest BCUT2D eigenvalue weighted by Gasteiger charge is 2.14. The molecule has 0 aliphatic carbocycles. The molecule has 0 radical (unpaired) electrons. The number of methoxy groups -OCH3 is 3. The SMILES string of the molecule is COc1cc(Oc2ccc(C)cc2N)cc(OC)c1OC.